The SMILES string of the molecule is CC1(C)CN(Cc2cccc3c2NCC3)CCC1N. The first-order valence-corrected chi connectivity index (χ1v) is 7.39. The number of nitrogens with zero attached hydrogens (tertiary/aromatic N) is 1. The van der Waals surface area contributed by atoms with Gasteiger partial charge in [-0.25, -0.2) is 0 Å². The fourth-order valence-electron chi connectivity index (χ4n) is 3.40. The highest BCUT2D eigenvalue weighted by Gasteiger charge is 2.33. The van der Waals surface area contributed by atoms with Crippen molar-refractivity contribution >= 4 is 5.69 Å². The van der Waals surface area contributed by atoms with Crippen LogP contribution in [0, 0.1) is 5.41 Å². The van der Waals surface area contributed by atoms with Crippen LogP contribution in [0.4, 0.5) is 5.69 Å². The fraction of sp³-hybridized carbons (Fsp3) is 0.625. The molecule has 0 aromatic heterocycles. The Bertz CT molecular complexity index is 467. The molecule has 104 valence electrons. The molecule has 0 saturated carbocycles. The van der Waals surface area contributed by atoms with Gasteiger partial charge in [0.25, 0.3) is 0 Å². The quantitative estimate of drug-likeness (QED) is 0.855. The number of likely N-dealkylation sites (tertiary alicyclic amines) is 1. The third-order valence-electron chi connectivity index (χ3n) is 4.72. The van der Waals surface area contributed by atoms with Crippen LogP contribution in [-0.2, 0) is 13.0 Å². The molecule has 3 N–H and O–H groups in total. The zero-order chi connectivity index (χ0) is 13.5. The van der Waals surface area contributed by atoms with Crippen molar-refractivity contribution in [2.45, 2.75) is 39.3 Å². The molecule has 3 rings (SSSR count). The minimum absolute atomic E-state index is 0.226. The maximum absolute atomic E-state index is 6.22. The van der Waals surface area contributed by atoms with Crippen LogP contribution in [0.15, 0.2) is 18.2 Å². The van der Waals surface area contributed by atoms with E-state index in [0.29, 0.717) is 6.04 Å². The lowest BCUT2D eigenvalue weighted by Gasteiger charge is -2.42. The third-order valence-corrected chi connectivity index (χ3v) is 4.72. The van der Waals surface area contributed by atoms with Crippen LogP contribution in [0.25, 0.3) is 0 Å². The van der Waals surface area contributed by atoms with Gasteiger partial charge in [0.1, 0.15) is 0 Å². The molecule has 0 spiro atoms. The number of hydrogen-bond acceptors (Lipinski definition) is 3. The van der Waals surface area contributed by atoms with Gasteiger partial charge < -0.3 is 11.1 Å². The van der Waals surface area contributed by atoms with E-state index in [1.807, 2.05) is 0 Å². The lowest BCUT2D eigenvalue weighted by Crippen LogP contribution is -2.52. The van der Waals surface area contributed by atoms with Gasteiger partial charge in [0.15, 0.2) is 0 Å². The maximum Gasteiger partial charge on any atom is 0.0419 e. The average molecular weight is 259 g/mol. The van der Waals surface area contributed by atoms with Crippen molar-refractivity contribution in [2.24, 2.45) is 11.1 Å². The lowest BCUT2D eigenvalue weighted by molar-refractivity contribution is 0.0900. The van der Waals surface area contributed by atoms with Gasteiger partial charge in [0, 0.05) is 37.9 Å². The smallest absolute Gasteiger partial charge is 0.0419 e. The van der Waals surface area contributed by atoms with Crippen LogP contribution in [0.3, 0.4) is 0 Å². The Morgan fingerprint density at radius 2 is 2.26 bits per heavy atom. The van der Waals surface area contributed by atoms with Crippen molar-refractivity contribution in [3.63, 3.8) is 0 Å². The standard InChI is InChI=1S/C16H25N3/c1-16(2)11-19(9-7-14(16)17)10-13-5-3-4-12-6-8-18-15(12)13/h3-5,14,18H,6-11,17H2,1-2H3. The molecule has 2 aliphatic rings. The predicted octanol–water partition coefficient (Wildman–Crippen LogP) is 2.21. The Kier molecular flexibility index (Phi) is 3.27. The summed E-state index contributed by atoms with van der Waals surface area (Å²) in [6, 6.07) is 7.04. The van der Waals surface area contributed by atoms with Crippen molar-refractivity contribution in [3.05, 3.63) is 29.3 Å². The molecule has 0 radical (unpaired) electrons. The van der Waals surface area contributed by atoms with E-state index >= 15 is 0 Å². The summed E-state index contributed by atoms with van der Waals surface area (Å²) >= 11 is 0. The number of fused-ring (bicyclic) bond motifs is 1. The normalized spacial score (nSPS) is 25.9. The summed E-state index contributed by atoms with van der Waals surface area (Å²) < 4.78 is 0. The molecule has 1 aromatic rings. The highest BCUT2D eigenvalue weighted by molar-refractivity contribution is 5.61. The van der Waals surface area contributed by atoms with Crippen molar-refractivity contribution in [1.82, 2.24) is 4.90 Å². The zero-order valence-corrected chi connectivity index (χ0v) is 12.1. The molecule has 0 aliphatic carbocycles. The summed E-state index contributed by atoms with van der Waals surface area (Å²) in [6.07, 6.45) is 2.27. The Balaban J connectivity index is 1.74. The number of hydrogen-bond donors (Lipinski definition) is 2. The van der Waals surface area contributed by atoms with Crippen molar-refractivity contribution in [2.75, 3.05) is 25.0 Å². The average Bonchev–Trinajstić information content (AvgIpc) is 2.83. The van der Waals surface area contributed by atoms with Gasteiger partial charge in [-0.15, -0.1) is 0 Å². The van der Waals surface area contributed by atoms with Gasteiger partial charge in [-0.3, -0.25) is 4.90 Å². The summed E-state index contributed by atoms with van der Waals surface area (Å²) in [5.74, 6) is 0. The molecule has 1 aromatic carbocycles. The van der Waals surface area contributed by atoms with Crippen molar-refractivity contribution in [1.29, 1.82) is 0 Å². The second-order valence-electron chi connectivity index (χ2n) is 6.72. The Labute approximate surface area is 116 Å². The summed E-state index contributed by atoms with van der Waals surface area (Å²) in [5, 5.41) is 3.54. The van der Waals surface area contributed by atoms with Crippen LogP contribution in [0.1, 0.15) is 31.4 Å². The van der Waals surface area contributed by atoms with E-state index in [1.54, 1.807) is 0 Å². The Morgan fingerprint density at radius 3 is 3.05 bits per heavy atom. The number of rotatable bonds is 2. The molecule has 1 saturated heterocycles. The molecule has 1 unspecified atom stereocenters. The topological polar surface area (TPSA) is 41.3 Å². The second kappa shape index (κ2) is 4.80. The van der Waals surface area contributed by atoms with Crippen LogP contribution in [-0.4, -0.2) is 30.6 Å². The number of nitrogens with two attached hydrogens (primary N) is 1. The van der Waals surface area contributed by atoms with E-state index in [-0.39, 0.29) is 5.41 Å². The van der Waals surface area contributed by atoms with Crippen LogP contribution >= 0.6 is 0 Å². The summed E-state index contributed by atoms with van der Waals surface area (Å²) in [7, 11) is 0. The number of para-hydroxylation sites is 1. The molecule has 2 aliphatic heterocycles. The fourth-order valence-corrected chi connectivity index (χ4v) is 3.40. The van der Waals surface area contributed by atoms with E-state index in [9.17, 15) is 0 Å². The van der Waals surface area contributed by atoms with E-state index in [4.69, 9.17) is 5.73 Å². The maximum atomic E-state index is 6.22. The van der Waals surface area contributed by atoms with Crippen molar-refractivity contribution in [3.8, 4) is 0 Å². The Morgan fingerprint density at radius 1 is 1.42 bits per heavy atom. The predicted molar refractivity (Wildman–Crippen MR) is 80.3 cm³/mol. The number of anilines is 1. The number of nitrogens with one attached hydrogen (secondary N) is 1. The molecule has 2 heterocycles. The lowest BCUT2D eigenvalue weighted by atomic mass is 9.79. The summed E-state index contributed by atoms with van der Waals surface area (Å²) in [6.45, 7) is 8.93. The molecular formula is C16H25N3. The van der Waals surface area contributed by atoms with E-state index in [1.165, 1.54) is 23.2 Å². The molecule has 3 heteroatoms. The highest BCUT2D eigenvalue weighted by Crippen LogP contribution is 2.31. The first-order valence-electron chi connectivity index (χ1n) is 7.39. The molecule has 1 atom stereocenters. The molecule has 0 amide bonds. The van der Waals surface area contributed by atoms with Crippen LogP contribution in [0.5, 0.6) is 0 Å². The van der Waals surface area contributed by atoms with Crippen molar-refractivity contribution < 1.29 is 0 Å². The number of benzene rings is 1. The van der Waals surface area contributed by atoms with Gasteiger partial charge in [-0.2, -0.15) is 0 Å². The van der Waals surface area contributed by atoms with Crippen LogP contribution < -0.4 is 11.1 Å². The first-order chi connectivity index (χ1) is 9.06. The highest BCUT2D eigenvalue weighted by atomic mass is 15.1. The van der Waals surface area contributed by atoms with Crippen LogP contribution in [0.2, 0.25) is 0 Å². The van der Waals surface area contributed by atoms with E-state index in [2.05, 4.69) is 42.3 Å². The minimum atomic E-state index is 0.226. The molecule has 0 bridgehead atoms. The van der Waals surface area contributed by atoms with Gasteiger partial charge in [-0.1, -0.05) is 32.0 Å². The largest absolute Gasteiger partial charge is 0.384 e. The molecule has 3 nitrogen and oxygen atoms in total. The monoisotopic (exact) mass is 259 g/mol. The zero-order valence-electron chi connectivity index (χ0n) is 12.1. The van der Waals surface area contributed by atoms with Gasteiger partial charge in [-0.05, 0) is 29.4 Å². The third kappa shape index (κ3) is 2.49. The molecular weight excluding hydrogens is 234 g/mol. The van der Waals surface area contributed by atoms with Gasteiger partial charge in [0.05, 0.1) is 0 Å². The van der Waals surface area contributed by atoms with E-state index < -0.39 is 0 Å². The van der Waals surface area contributed by atoms with Gasteiger partial charge in [0.2, 0.25) is 0 Å². The number of piperidine rings is 1. The summed E-state index contributed by atoms with van der Waals surface area (Å²) in [5.41, 5.74) is 10.8. The minimum Gasteiger partial charge on any atom is -0.384 e. The second-order valence-corrected chi connectivity index (χ2v) is 6.72. The van der Waals surface area contributed by atoms with E-state index in [0.717, 1.165) is 32.6 Å². The molecule has 1 fully saturated rings. The van der Waals surface area contributed by atoms with Gasteiger partial charge >= 0.3 is 0 Å². The molecule has 19 heavy (non-hydrogen) atoms. The Hall–Kier alpha value is -1.06. The first kappa shape index (κ1) is 12.9. The summed E-state index contributed by atoms with van der Waals surface area (Å²) in [4.78, 5) is 2.55.